The molecule has 0 atom stereocenters. The van der Waals surface area contributed by atoms with Gasteiger partial charge in [-0.25, -0.2) is 0 Å². The van der Waals surface area contributed by atoms with E-state index in [2.05, 4.69) is 55.8 Å². The number of aliphatic imine (C=N–C) groups is 1. The van der Waals surface area contributed by atoms with Gasteiger partial charge in [0.2, 0.25) is 0 Å². The molecule has 0 aromatic heterocycles. The number of rotatable bonds is 6. The van der Waals surface area contributed by atoms with E-state index in [0.29, 0.717) is 6.61 Å². The van der Waals surface area contributed by atoms with Gasteiger partial charge in [0, 0.05) is 37.1 Å². The zero-order valence-corrected chi connectivity index (χ0v) is 14.4. The molecule has 1 fully saturated rings. The molecule has 0 spiro atoms. The van der Waals surface area contributed by atoms with Crippen LogP contribution in [0.2, 0.25) is 0 Å². The zero-order chi connectivity index (χ0) is 15.1. The molecule has 2 rings (SSSR count). The van der Waals surface area contributed by atoms with Gasteiger partial charge in [-0.3, -0.25) is 4.99 Å². The number of guanidine groups is 1. The third kappa shape index (κ3) is 4.20. The van der Waals surface area contributed by atoms with Crippen LogP contribution in [0.5, 0.6) is 0 Å². The van der Waals surface area contributed by atoms with Crippen LogP contribution < -0.4 is 10.6 Å². The second-order valence-corrected chi connectivity index (χ2v) is 6.41. The SMILES string of the molecule is CN=C(NCCOC)NCC1(c2cccc(Br)c2)CCC1. The normalized spacial score (nSPS) is 17.2. The highest BCUT2D eigenvalue weighted by Gasteiger charge is 2.38. The van der Waals surface area contributed by atoms with Crippen LogP contribution in [0.15, 0.2) is 33.7 Å². The molecule has 0 unspecified atom stereocenters. The second kappa shape index (κ2) is 7.80. The van der Waals surface area contributed by atoms with Gasteiger partial charge < -0.3 is 15.4 Å². The smallest absolute Gasteiger partial charge is 0.191 e. The van der Waals surface area contributed by atoms with Crippen LogP contribution in [-0.4, -0.2) is 39.8 Å². The van der Waals surface area contributed by atoms with E-state index in [1.807, 2.05) is 0 Å². The quantitative estimate of drug-likeness (QED) is 0.469. The van der Waals surface area contributed by atoms with E-state index >= 15 is 0 Å². The molecule has 1 aliphatic carbocycles. The van der Waals surface area contributed by atoms with Gasteiger partial charge in [-0.15, -0.1) is 0 Å². The minimum Gasteiger partial charge on any atom is -0.383 e. The average molecular weight is 354 g/mol. The Morgan fingerprint density at radius 1 is 1.38 bits per heavy atom. The number of hydrogen-bond donors (Lipinski definition) is 2. The molecule has 0 saturated heterocycles. The Morgan fingerprint density at radius 3 is 2.76 bits per heavy atom. The lowest BCUT2D eigenvalue weighted by Gasteiger charge is -2.43. The molecule has 0 heterocycles. The summed E-state index contributed by atoms with van der Waals surface area (Å²) < 4.78 is 6.19. The van der Waals surface area contributed by atoms with E-state index in [0.717, 1.165) is 23.5 Å². The predicted octanol–water partition coefficient (Wildman–Crippen LogP) is 2.68. The third-order valence-corrected chi connectivity index (χ3v) is 4.66. The van der Waals surface area contributed by atoms with Gasteiger partial charge in [0.05, 0.1) is 6.61 Å². The molecule has 0 bridgehead atoms. The average Bonchev–Trinajstić information content (AvgIpc) is 2.44. The fourth-order valence-electron chi connectivity index (χ4n) is 2.73. The van der Waals surface area contributed by atoms with E-state index in [-0.39, 0.29) is 5.41 Å². The van der Waals surface area contributed by atoms with Crippen molar-refractivity contribution in [1.82, 2.24) is 10.6 Å². The van der Waals surface area contributed by atoms with Gasteiger partial charge in [0.25, 0.3) is 0 Å². The van der Waals surface area contributed by atoms with Crippen molar-refractivity contribution in [2.75, 3.05) is 33.9 Å². The van der Waals surface area contributed by atoms with E-state index in [1.165, 1.54) is 24.8 Å². The lowest BCUT2D eigenvalue weighted by Crippen LogP contribution is -2.49. The highest BCUT2D eigenvalue weighted by Crippen LogP contribution is 2.43. The van der Waals surface area contributed by atoms with Crippen molar-refractivity contribution in [2.45, 2.75) is 24.7 Å². The summed E-state index contributed by atoms with van der Waals surface area (Å²) in [7, 11) is 3.50. The molecule has 21 heavy (non-hydrogen) atoms. The number of hydrogen-bond acceptors (Lipinski definition) is 2. The van der Waals surface area contributed by atoms with Crippen LogP contribution in [0.3, 0.4) is 0 Å². The maximum atomic E-state index is 5.05. The zero-order valence-electron chi connectivity index (χ0n) is 12.8. The van der Waals surface area contributed by atoms with Crippen molar-refractivity contribution in [1.29, 1.82) is 0 Å². The van der Waals surface area contributed by atoms with Crippen molar-refractivity contribution >= 4 is 21.9 Å². The molecule has 1 aliphatic rings. The number of nitrogens with one attached hydrogen (secondary N) is 2. The first-order chi connectivity index (χ1) is 10.2. The molecular formula is C16H24BrN3O. The number of benzene rings is 1. The Labute approximate surface area is 135 Å². The van der Waals surface area contributed by atoms with E-state index in [1.54, 1.807) is 14.2 Å². The third-order valence-electron chi connectivity index (χ3n) is 4.16. The summed E-state index contributed by atoms with van der Waals surface area (Å²) in [5, 5.41) is 6.72. The number of methoxy groups -OCH3 is 1. The molecule has 0 amide bonds. The molecule has 1 aromatic rings. The second-order valence-electron chi connectivity index (χ2n) is 5.49. The van der Waals surface area contributed by atoms with Crippen molar-refractivity contribution in [3.05, 3.63) is 34.3 Å². The molecule has 1 aromatic carbocycles. The molecule has 2 N–H and O–H groups in total. The first-order valence-electron chi connectivity index (χ1n) is 7.40. The Hall–Kier alpha value is -1.07. The minimum absolute atomic E-state index is 0.239. The van der Waals surface area contributed by atoms with Crippen LogP contribution in [0.4, 0.5) is 0 Å². The molecule has 1 saturated carbocycles. The Morgan fingerprint density at radius 2 is 2.19 bits per heavy atom. The van der Waals surface area contributed by atoms with E-state index in [4.69, 9.17) is 4.74 Å². The minimum atomic E-state index is 0.239. The molecule has 4 nitrogen and oxygen atoms in total. The fraction of sp³-hybridized carbons (Fsp3) is 0.562. The maximum absolute atomic E-state index is 5.05. The maximum Gasteiger partial charge on any atom is 0.191 e. The van der Waals surface area contributed by atoms with Crippen molar-refractivity contribution < 1.29 is 4.74 Å². The van der Waals surface area contributed by atoms with Gasteiger partial charge in [0.15, 0.2) is 5.96 Å². The van der Waals surface area contributed by atoms with Gasteiger partial charge in [0.1, 0.15) is 0 Å². The van der Waals surface area contributed by atoms with Gasteiger partial charge >= 0.3 is 0 Å². The highest BCUT2D eigenvalue weighted by molar-refractivity contribution is 9.10. The fourth-order valence-corrected chi connectivity index (χ4v) is 3.13. The number of nitrogens with zero attached hydrogens (tertiary/aromatic N) is 1. The Kier molecular flexibility index (Phi) is 6.06. The van der Waals surface area contributed by atoms with Gasteiger partial charge in [-0.2, -0.15) is 0 Å². The number of ether oxygens (including phenoxy) is 1. The summed E-state index contributed by atoms with van der Waals surface area (Å²) in [6.07, 6.45) is 3.75. The molecule has 0 aliphatic heterocycles. The first kappa shape index (κ1) is 16.3. The Bertz CT molecular complexity index is 486. The summed E-state index contributed by atoms with van der Waals surface area (Å²) in [5.74, 6) is 0.841. The summed E-state index contributed by atoms with van der Waals surface area (Å²) >= 11 is 3.57. The number of halogens is 1. The Balaban J connectivity index is 1.96. The molecule has 116 valence electrons. The van der Waals surface area contributed by atoms with Crippen molar-refractivity contribution in [2.24, 2.45) is 4.99 Å². The summed E-state index contributed by atoms with van der Waals surface area (Å²) in [6.45, 7) is 2.35. The topological polar surface area (TPSA) is 45.7 Å². The van der Waals surface area contributed by atoms with E-state index in [9.17, 15) is 0 Å². The molecule has 0 radical (unpaired) electrons. The lowest BCUT2D eigenvalue weighted by atomic mass is 9.64. The lowest BCUT2D eigenvalue weighted by molar-refractivity contribution is 0.203. The summed E-state index contributed by atoms with van der Waals surface area (Å²) in [4.78, 5) is 4.26. The monoisotopic (exact) mass is 353 g/mol. The van der Waals surface area contributed by atoms with Gasteiger partial charge in [-0.05, 0) is 30.5 Å². The van der Waals surface area contributed by atoms with Crippen LogP contribution in [0.25, 0.3) is 0 Å². The molecular weight excluding hydrogens is 330 g/mol. The standard InChI is InChI=1S/C16H24BrN3O/c1-18-15(19-9-10-21-2)20-12-16(7-4-8-16)13-5-3-6-14(17)11-13/h3,5-6,11H,4,7-10,12H2,1-2H3,(H2,18,19,20). The first-order valence-corrected chi connectivity index (χ1v) is 8.19. The summed E-state index contributed by atoms with van der Waals surface area (Å²) in [5.41, 5.74) is 1.64. The van der Waals surface area contributed by atoms with E-state index < -0.39 is 0 Å². The van der Waals surface area contributed by atoms with Gasteiger partial charge in [-0.1, -0.05) is 34.5 Å². The highest BCUT2D eigenvalue weighted by atomic mass is 79.9. The van der Waals surface area contributed by atoms with Crippen LogP contribution >= 0.6 is 15.9 Å². The van der Waals surface area contributed by atoms with Crippen LogP contribution in [0, 0.1) is 0 Å². The predicted molar refractivity (Wildman–Crippen MR) is 90.9 cm³/mol. The molecule has 5 heteroatoms. The van der Waals surface area contributed by atoms with Crippen molar-refractivity contribution in [3.8, 4) is 0 Å². The van der Waals surface area contributed by atoms with Crippen LogP contribution in [0.1, 0.15) is 24.8 Å². The summed E-state index contributed by atoms with van der Waals surface area (Å²) in [6, 6.07) is 8.66. The van der Waals surface area contributed by atoms with Crippen LogP contribution in [-0.2, 0) is 10.2 Å². The largest absolute Gasteiger partial charge is 0.383 e. The van der Waals surface area contributed by atoms with Crippen molar-refractivity contribution in [3.63, 3.8) is 0 Å².